The molecule has 0 aliphatic heterocycles. The van der Waals surface area contributed by atoms with Crippen LogP contribution >= 0.6 is 11.6 Å². The Morgan fingerprint density at radius 3 is 2.63 bits per heavy atom. The summed E-state index contributed by atoms with van der Waals surface area (Å²) in [5, 5.41) is 0.353. The molecule has 0 heterocycles. The Bertz CT molecular complexity index is 574. The van der Waals surface area contributed by atoms with Gasteiger partial charge in [-0.15, -0.1) is 0 Å². The molecule has 0 radical (unpaired) electrons. The van der Waals surface area contributed by atoms with Crippen molar-refractivity contribution in [2.24, 2.45) is 5.73 Å². The maximum atomic E-state index is 13.9. The van der Waals surface area contributed by atoms with Crippen molar-refractivity contribution in [2.45, 2.75) is 13.0 Å². The van der Waals surface area contributed by atoms with Gasteiger partial charge in [0.1, 0.15) is 11.6 Å². The minimum Gasteiger partial charge on any atom is -0.494 e. The number of hydrogen-bond donors (Lipinski definition) is 1. The molecule has 19 heavy (non-hydrogen) atoms. The van der Waals surface area contributed by atoms with Gasteiger partial charge < -0.3 is 10.5 Å². The average molecular weight is 280 g/mol. The van der Waals surface area contributed by atoms with Gasteiger partial charge in [-0.3, -0.25) is 0 Å². The van der Waals surface area contributed by atoms with Crippen LogP contribution in [0.15, 0.2) is 42.5 Å². The van der Waals surface area contributed by atoms with Crippen molar-refractivity contribution < 1.29 is 9.13 Å². The van der Waals surface area contributed by atoms with Gasteiger partial charge in [0.25, 0.3) is 0 Å². The molecule has 0 spiro atoms. The molecule has 0 saturated heterocycles. The summed E-state index contributed by atoms with van der Waals surface area (Å²) in [4.78, 5) is 0. The lowest BCUT2D eigenvalue weighted by Crippen LogP contribution is -2.15. The molecule has 1 unspecified atom stereocenters. The van der Waals surface area contributed by atoms with Crippen LogP contribution in [0.3, 0.4) is 0 Å². The lowest BCUT2D eigenvalue weighted by atomic mass is 9.98. The molecule has 2 aromatic rings. The lowest BCUT2D eigenvalue weighted by Gasteiger charge is -2.17. The van der Waals surface area contributed by atoms with Crippen LogP contribution in [0.4, 0.5) is 4.39 Å². The van der Waals surface area contributed by atoms with E-state index in [-0.39, 0.29) is 0 Å². The Morgan fingerprint density at radius 1 is 1.21 bits per heavy atom. The van der Waals surface area contributed by atoms with E-state index in [1.54, 1.807) is 12.1 Å². The van der Waals surface area contributed by atoms with E-state index in [2.05, 4.69) is 0 Å². The van der Waals surface area contributed by atoms with E-state index in [1.165, 1.54) is 6.07 Å². The summed E-state index contributed by atoms with van der Waals surface area (Å²) in [5.74, 6) is 0.262. The summed E-state index contributed by atoms with van der Waals surface area (Å²) in [7, 11) is 0. The molecule has 0 bridgehead atoms. The molecule has 0 aliphatic carbocycles. The number of ether oxygens (including phenoxy) is 1. The SMILES string of the molecule is CCOc1ccccc1C(N)c1ccc(Cl)cc1F. The standard InChI is InChI=1S/C15H15ClFNO/c1-2-19-14-6-4-3-5-12(14)15(18)11-8-7-10(16)9-13(11)17/h3-9,15H,2,18H2,1H3. The molecule has 0 aromatic heterocycles. The van der Waals surface area contributed by atoms with Gasteiger partial charge >= 0.3 is 0 Å². The molecule has 2 aromatic carbocycles. The normalized spacial score (nSPS) is 12.2. The molecule has 0 fully saturated rings. The summed E-state index contributed by atoms with van der Waals surface area (Å²) in [6.45, 7) is 2.43. The van der Waals surface area contributed by atoms with Gasteiger partial charge in [0, 0.05) is 16.1 Å². The second kappa shape index (κ2) is 6.04. The van der Waals surface area contributed by atoms with Crippen molar-refractivity contribution in [1.82, 2.24) is 0 Å². The predicted octanol–water partition coefficient (Wildman–Crippen LogP) is 3.93. The summed E-state index contributed by atoms with van der Waals surface area (Å²) >= 11 is 5.74. The topological polar surface area (TPSA) is 35.2 Å². The van der Waals surface area contributed by atoms with Crippen LogP contribution in [0.5, 0.6) is 5.75 Å². The highest BCUT2D eigenvalue weighted by molar-refractivity contribution is 6.30. The van der Waals surface area contributed by atoms with Gasteiger partial charge in [-0.1, -0.05) is 35.9 Å². The predicted molar refractivity (Wildman–Crippen MR) is 75.1 cm³/mol. The number of benzene rings is 2. The van der Waals surface area contributed by atoms with Crippen molar-refractivity contribution in [3.63, 3.8) is 0 Å². The zero-order valence-corrected chi connectivity index (χ0v) is 11.3. The van der Waals surface area contributed by atoms with E-state index in [0.29, 0.717) is 22.9 Å². The van der Waals surface area contributed by atoms with E-state index in [9.17, 15) is 4.39 Å². The summed E-state index contributed by atoms with van der Waals surface area (Å²) in [5.41, 5.74) is 7.29. The Kier molecular flexibility index (Phi) is 4.40. The van der Waals surface area contributed by atoms with Gasteiger partial charge in [-0.05, 0) is 25.1 Å². The van der Waals surface area contributed by atoms with E-state index in [0.717, 1.165) is 5.56 Å². The van der Waals surface area contributed by atoms with Crippen LogP contribution in [0.1, 0.15) is 24.1 Å². The van der Waals surface area contributed by atoms with E-state index in [1.807, 2.05) is 31.2 Å². The minimum atomic E-state index is -0.583. The smallest absolute Gasteiger partial charge is 0.129 e. The first-order chi connectivity index (χ1) is 9.13. The number of nitrogens with two attached hydrogens (primary N) is 1. The molecule has 2 nitrogen and oxygen atoms in total. The molecule has 0 aliphatic rings. The molecular formula is C15H15ClFNO. The largest absolute Gasteiger partial charge is 0.494 e. The summed E-state index contributed by atoms with van der Waals surface area (Å²) in [6.07, 6.45) is 0. The molecule has 0 saturated carbocycles. The third-order valence-corrected chi connectivity index (χ3v) is 3.09. The monoisotopic (exact) mass is 279 g/mol. The van der Waals surface area contributed by atoms with E-state index >= 15 is 0 Å². The highest BCUT2D eigenvalue weighted by atomic mass is 35.5. The number of rotatable bonds is 4. The fraction of sp³-hybridized carbons (Fsp3) is 0.200. The van der Waals surface area contributed by atoms with Crippen molar-refractivity contribution >= 4 is 11.6 Å². The van der Waals surface area contributed by atoms with Gasteiger partial charge in [0.15, 0.2) is 0 Å². The van der Waals surface area contributed by atoms with Crippen LogP contribution in [-0.2, 0) is 0 Å². The maximum Gasteiger partial charge on any atom is 0.129 e. The Labute approximate surface area is 117 Å². The second-order valence-corrected chi connectivity index (χ2v) is 4.55. The van der Waals surface area contributed by atoms with Crippen LogP contribution in [0.25, 0.3) is 0 Å². The van der Waals surface area contributed by atoms with Crippen molar-refractivity contribution in [2.75, 3.05) is 6.61 Å². The van der Waals surface area contributed by atoms with E-state index in [4.69, 9.17) is 22.1 Å². The zero-order chi connectivity index (χ0) is 13.8. The quantitative estimate of drug-likeness (QED) is 0.920. The van der Waals surface area contributed by atoms with Gasteiger partial charge in [0.2, 0.25) is 0 Å². The van der Waals surface area contributed by atoms with Crippen LogP contribution in [-0.4, -0.2) is 6.61 Å². The molecule has 4 heteroatoms. The summed E-state index contributed by atoms with van der Waals surface area (Å²) < 4.78 is 19.4. The van der Waals surface area contributed by atoms with Gasteiger partial charge in [-0.25, -0.2) is 4.39 Å². The Morgan fingerprint density at radius 2 is 1.95 bits per heavy atom. The van der Waals surface area contributed by atoms with Crippen LogP contribution < -0.4 is 10.5 Å². The second-order valence-electron chi connectivity index (χ2n) is 4.11. The first-order valence-electron chi connectivity index (χ1n) is 6.05. The number of para-hydroxylation sites is 1. The Balaban J connectivity index is 2.41. The molecule has 0 amide bonds. The molecular weight excluding hydrogens is 265 g/mol. The molecule has 2 N–H and O–H groups in total. The van der Waals surface area contributed by atoms with Crippen LogP contribution in [0.2, 0.25) is 5.02 Å². The Hall–Kier alpha value is -1.58. The highest BCUT2D eigenvalue weighted by Crippen LogP contribution is 2.30. The number of halogens is 2. The van der Waals surface area contributed by atoms with Crippen molar-refractivity contribution in [3.8, 4) is 5.75 Å². The third kappa shape index (κ3) is 3.06. The first kappa shape index (κ1) is 13.8. The molecule has 2 rings (SSSR count). The third-order valence-electron chi connectivity index (χ3n) is 2.85. The van der Waals surface area contributed by atoms with Crippen molar-refractivity contribution in [1.29, 1.82) is 0 Å². The maximum absolute atomic E-state index is 13.9. The fourth-order valence-electron chi connectivity index (χ4n) is 1.95. The molecule has 1 atom stereocenters. The molecule has 100 valence electrons. The van der Waals surface area contributed by atoms with Gasteiger partial charge in [0.05, 0.1) is 12.6 Å². The number of hydrogen-bond acceptors (Lipinski definition) is 2. The summed E-state index contributed by atoms with van der Waals surface area (Å²) in [6, 6.07) is 11.3. The minimum absolute atomic E-state index is 0.353. The van der Waals surface area contributed by atoms with Crippen molar-refractivity contribution in [3.05, 3.63) is 64.4 Å². The zero-order valence-electron chi connectivity index (χ0n) is 10.6. The average Bonchev–Trinajstić information content (AvgIpc) is 2.39. The first-order valence-corrected chi connectivity index (χ1v) is 6.43. The highest BCUT2D eigenvalue weighted by Gasteiger charge is 2.17. The van der Waals surface area contributed by atoms with Crippen LogP contribution in [0, 0.1) is 5.82 Å². The van der Waals surface area contributed by atoms with E-state index < -0.39 is 11.9 Å². The lowest BCUT2D eigenvalue weighted by molar-refractivity contribution is 0.335. The van der Waals surface area contributed by atoms with Gasteiger partial charge in [-0.2, -0.15) is 0 Å². The fourth-order valence-corrected chi connectivity index (χ4v) is 2.10.